The molecule has 4 nitrogen and oxygen atoms in total. The van der Waals surface area contributed by atoms with Crippen molar-refractivity contribution in [2.45, 2.75) is 71.9 Å². The van der Waals surface area contributed by atoms with E-state index in [2.05, 4.69) is 38.0 Å². The molecule has 0 saturated heterocycles. The summed E-state index contributed by atoms with van der Waals surface area (Å²) in [6.45, 7) is 12.8. The molecule has 1 N–H and O–H groups in total. The first-order valence-electron chi connectivity index (χ1n) is 7.99. The highest BCUT2D eigenvalue weighted by Gasteiger charge is 2.34. The fourth-order valence-electron chi connectivity index (χ4n) is 2.51. The van der Waals surface area contributed by atoms with E-state index in [1.165, 1.54) is 6.42 Å². The Balaban J connectivity index is 4.26. The summed E-state index contributed by atoms with van der Waals surface area (Å²) in [6.07, 6.45) is 4.16. The maximum absolute atomic E-state index is 12.1. The van der Waals surface area contributed by atoms with Crippen molar-refractivity contribution < 1.29 is 9.53 Å². The first-order valence-corrected chi connectivity index (χ1v) is 7.99. The molecule has 0 aliphatic carbocycles. The van der Waals surface area contributed by atoms with Crippen molar-refractivity contribution in [2.75, 3.05) is 26.7 Å². The molecule has 0 heterocycles. The lowest BCUT2D eigenvalue weighted by molar-refractivity contribution is -0.151. The Morgan fingerprint density at radius 2 is 1.90 bits per heavy atom. The van der Waals surface area contributed by atoms with Gasteiger partial charge in [-0.05, 0) is 73.5 Å². The van der Waals surface area contributed by atoms with Crippen molar-refractivity contribution in [1.82, 2.24) is 10.2 Å². The number of rotatable bonds is 11. The lowest BCUT2D eigenvalue weighted by atomic mass is 9.93. The predicted molar refractivity (Wildman–Crippen MR) is 84.9 cm³/mol. The zero-order chi connectivity index (χ0) is 15.6. The summed E-state index contributed by atoms with van der Waals surface area (Å²) in [4.78, 5) is 14.5. The van der Waals surface area contributed by atoms with Gasteiger partial charge in [0.05, 0.1) is 6.61 Å². The Morgan fingerprint density at radius 3 is 2.40 bits per heavy atom. The van der Waals surface area contributed by atoms with E-state index in [-0.39, 0.29) is 12.0 Å². The Bertz CT molecular complexity index is 269. The molecule has 1 atom stereocenters. The first kappa shape index (κ1) is 19.4. The standard InChI is InChI=1S/C16H34N2O2/c1-7-12-18(6)13-10-9-11-16(5,17-14(3)4)15(19)20-8-2/h14,17H,7-13H2,1-6H3. The molecule has 0 amide bonds. The second-order valence-corrected chi connectivity index (χ2v) is 6.11. The summed E-state index contributed by atoms with van der Waals surface area (Å²) in [6, 6.07) is 0.271. The van der Waals surface area contributed by atoms with Gasteiger partial charge in [0.25, 0.3) is 0 Å². The van der Waals surface area contributed by atoms with Crippen LogP contribution in [0.15, 0.2) is 0 Å². The van der Waals surface area contributed by atoms with Gasteiger partial charge in [0.15, 0.2) is 0 Å². The summed E-state index contributed by atoms with van der Waals surface area (Å²) < 4.78 is 5.21. The second-order valence-electron chi connectivity index (χ2n) is 6.11. The third-order valence-corrected chi connectivity index (χ3v) is 3.41. The molecule has 0 rings (SSSR count). The highest BCUT2D eigenvalue weighted by molar-refractivity contribution is 5.80. The van der Waals surface area contributed by atoms with Crippen molar-refractivity contribution in [3.63, 3.8) is 0 Å². The van der Waals surface area contributed by atoms with E-state index in [1.54, 1.807) is 0 Å². The average Bonchev–Trinajstić information content (AvgIpc) is 2.34. The quantitative estimate of drug-likeness (QED) is 0.468. The highest BCUT2D eigenvalue weighted by Crippen LogP contribution is 2.17. The fraction of sp³-hybridized carbons (Fsp3) is 0.938. The maximum Gasteiger partial charge on any atom is 0.326 e. The molecule has 0 fully saturated rings. The van der Waals surface area contributed by atoms with Gasteiger partial charge in [-0.15, -0.1) is 0 Å². The van der Waals surface area contributed by atoms with Gasteiger partial charge >= 0.3 is 5.97 Å². The summed E-state index contributed by atoms with van der Waals surface area (Å²) in [5, 5.41) is 3.37. The van der Waals surface area contributed by atoms with Crippen molar-refractivity contribution in [2.24, 2.45) is 0 Å². The number of esters is 1. The number of carbonyl (C=O) groups is 1. The van der Waals surface area contributed by atoms with Gasteiger partial charge in [0, 0.05) is 6.04 Å². The van der Waals surface area contributed by atoms with Crippen LogP contribution >= 0.6 is 0 Å². The first-order chi connectivity index (χ1) is 9.35. The van der Waals surface area contributed by atoms with Crippen molar-refractivity contribution in [3.8, 4) is 0 Å². The molecular weight excluding hydrogens is 252 g/mol. The normalized spacial score (nSPS) is 14.6. The van der Waals surface area contributed by atoms with Gasteiger partial charge < -0.3 is 9.64 Å². The zero-order valence-corrected chi connectivity index (χ0v) is 14.3. The van der Waals surface area contributed by atoms with E-state index >= 15 is 0 Å². The number of carbonyl (C=O) groups excluding carboxylic acids is 1. The van der Waals surface area contributed by atoms with Crippen LogP contribution in [-0.4, -0.2) is 49.2 Å². The number of unbranched alkanes of at least 4 members (excludes halogenated alkanes) is 1. The van der Waals surface area contributed by atoms with Crippen LogP contribution in [0.1, 0.15) is 60.3 Å². The van der Waals surface area contributed by atoms with Gasteiger partial charge in [-0.25, -0.2) is 0 Å². The highest BCUT2D eigenvalue weighted by atomic mass is 16.5. The van der Waals surface area contributed by atoms with Crippen LogP contribution in [-0.2, 0) is 9.53 Å². The smallest absolute Gasteiger partial charge is 0.326 e. The molecule has 0 aromatic carbocycles. The molecule has 4 heteroatoms. The van der Waals surface area contributed by atoms with Crippen molar-refractivity contribution >= 4 is 5.97 Å². The summed E-state index contributed by atoms with van der Waals surface area (Å²) in [5.41, 5.74) is -0.562. The van der Waals surface area contributed by atoms with E-state index in [1.807, 2.05) is 13.8 Å². The summed E-state index contributed by atoms with van der Waals surface area (Å²) in [7, 11) is 2.15. The minimum absolute atomic E-state index is 0.129. The minimum atomic E-state index is -0.562. The van der Waals surface area contributed by atoms with Crippen LogP contribution in [0.2, 0.25) is 0 Å². The molecule has 20 heavy (non-hydrogen) atoms. The van der Waals surface area contributed by atoms with Gasteiger partial charge in [0.2, 0.25) is 0 Å². The van der Waals surface area contributed by atoms with Gasteiger partial charge in [0.1, 0.15) is 5.54 Å². The van der Waals surface area contributed by atoms with Crippen LogP contribution in [0.4, 0.5) is 0 Å². The lowest BCUT2D eigenvalue weighted by Gasteiger charge is -2.31. The van der Waals surface area contributed by atoms with Gasteiger partial charge in [-0.1, -0.05) is 6.92 Å². The Kier molecular flexibility index (Phi) is 9.86. The predicted octanol–water partition coefficient (Wildman–Crippen LogP) is 2.82. The molecular formula is C16H34N2O2. The maximum atomic E-state index is 12.1. The van der Waals surface area contributed by atoms with E-state index in [9.17, 15) is 4.79 Å². The number of nitrogens with zero attached hydrogens (tertiary/aromatic N) is 1. The second kappa shape index (κ2) is 10.2. The molecule has 0 spiro atoms. The van der Waals surface area contributed by atoms with Crippen molar-refractivity contribution in [1.29, 1.82) is 0 Å². The Labute approximate surface area is 125 Å². The number of nitrogens with one attached hydrogen (secondary N) is 1. The van der Waals surface area contributed by atoms with Crippen LogP contribution in [0, 0.1) is 0 Å². The van der Waals surface area contributed by atoms with Crippen LogP contribution in [0.5, 0.6) is 0 Å². The van der Waals surface area contributed by atoms with E-state index in [0.29, 0.717) is 6.61 Å². The molecule has 1 unspecified atom stereocenters. The molecule has 0 radical (unpaired) electrons. The minimum Gasteiger partial charge on any atom is -0.465 e. The van der Waals surface area contributed by atoms with Gasteiger partial charge in [-0.2, -0.15) is 0 Å². The Morgan fingerprint density at radius 1 is 1.25 bits per heavy atom. The molecule has 0 aliphatic heterocycles. The number of hydrogen-bond acceptors (Lipinski definition) is 4. The zero-order valence-electron chi connectivity index (χ0n) is 14.3. The van der Waals surface area contributed by atoms with E-state index in [4.69, 9.17) is 4.74 Å². The lowest BCUT2D eigenvalue weighted by Crippen LogP contribution is -2.53. The van der Waals surface area contributed by atoms with Crippen LogP contribution in [0.25, 0.3) is 0 Å². The largest absolute Gasteiger partial charge is 0.465 e. The van der Waals surface area contributed by atoms with E-state index in [0.717, 1.165) is 32.4 Å². The number of ether oxygens (including phenoxy) is 1. The molecule has 120 valence electrons. The monoisotopic (exact) mass is 286 g/mol. The molecule has 0 saturated carbocycles. The molecule has 0 aromatic heterocycles. The van der Waals surface area contributed by atoms with Crippen molar-refractivity contribution in [3.05, 3.63) is 0 Å². The molecule has 0 bridgehead atoms. The molecule has 0 aliphatic rings. The topological polar surface area (TPSA) is 41.6 Å². The third kappa shape index (κ3) is 7.85. The van der Waals surface area contributed by atoms with Crippen LogP contribution < -0.4 is 5.32 Å². The van der Waals surface area contributed by atoms with Gasteiger partial charge in [-0.3, -0.25) is 10.1 Å². The summed E-state index contributed by atoms with van der Waals surface area (Å²) >= 11 is 0. The number of hydrogen-bond donors (Lipinski definition) is 1. The van der Waals surface area contributed by atoms with E-state index < -0.39 is 5.54 Å². The average molecular weight is 286 g/mol. The Hall–Kier alpha value is -0.610. The summed E-state index contributed by atoms with van der Waals surface area (Å²) in [5.74, 6) is -0.129. The van der Waals surface area contributed by atoms with Crippen LogP contribution in [0.3, 0.4) is 0 Å². The molecule has 0 aromatic rings. The third-order valence-electron chi connectivity index (χ3n) is 3.41. The fourth-order valence-corrected chi connectivity index (χ4v) is 2.51. The SMILES string of the molecule is CCCN(C)CCCCC(C)(NC(C)C)C(=O)OCC.